The van der Waals surface area contributed by atoms with E-state index in [1.165, 1.54) is 0 Å². The number of benzene rings is 1. The predicted octanol–water partition coefficient (Wildman–Crippen LogP) is 3.87. The first kappa shape index (κ1) is 17.5. The summed E-state index contributed by atoms with van der Waals surface area (Å²) in [5.41, 5.74) is -0.864. The number of rotatable bonds is 4. The summed E-state index contributed by atoms with van der Waals surface area (Å²) in [4.78, 5) is 10.7. The molecular weight excluding hydrogens is 320 g/mol. The molecule has 0 saturated carbocycles. The van der Waals surface area contributed by atoms with Gasteiger partial charge < -0.3 is 9.64 Å². The molecule has 1 aliphatic rings. The average Bonchev–Trinajstić information content (AvgIpc) is 2.81. The Morgan fingerprint density at radius 3 is 2.57 bits per heavy atom. The van der Waals surface area contributed by atoms with Crippen molar-refractivity contribution in [3.05, 3.63) is 34.1 Å². The Balaban J connectivity index is 2.42. The maximum atomic E-state index is 14.2. The largest absolute Gasteiger partial charge is 0.433 e. The highest BCUT2D eigenvalue weighted by Crippen LogP contribution is 2.39. The molecule has 0 spiro atoms. The van der Waals surface area contributed by atoms with Crippen molar-refractivity contribution in [2.45, 2.75) is 38.7 Å². The molecule has 5 nitrogen and oxygen atoms in total. The number of nitro groups is 1. The summed E-state index contributed by atoms with van der Waals surface area (Å²) in [6.45, 7) is 3.50. The SMILES string of the molecule is CC(C)CC1COC(C(F)(F)F)N1c1ccc([N+](=O)[O-])cc1F. The fraction of sp³-hybridized carbons (Fsp3) is 0.571. The second kappa shape index (κ2) is 6.31. The molecule has 1 aromatic carbocycles. The van der Waals surface area contributed by atoms with Crippen molar-refractivity contribution in [1.82, 2.24) is 0 Å². The highest BCUT2D eigenvalue weighted by atomic mass is 19.4. The Bertz CT molecular complexity index is 592. The summed E-state index contributed by atoms with van der Waals surface area (Å²) >= 11 is 0. The summed E-state index contributed by atoms with van der Waals surface area (Å²) in [5.74, 6) is -0.994. The van der Waals surface area contributed by atoms with Crippen molar-refractivity contribution in [1.29, 1.82) is 0 Å². The average molecular weight is 336 g/mol. The first-order valence-corrected chi connectivity index (χ1v) is 7.02. The van der Waals surface area contributed by atoms with Crippen molar-refractivity contribution in [3.63, 3.8) is 0 Å². The van der Waals surface area contributed by atoms with Crippen molar-refractivity contribution in [2.75, 3.05) is 11.5 Å². The van der Waals surface area contributed by atoms with Gasteiger partial charge in [-0.1, -0.05) is 13.8 Å². The first-order valence-electron chi connectivity index (χ1n) is 7.02. The fourth-order valence-electron chi connectivity index (χ4n) is 2.67. The van der Waals surface area contributed by atoms with Crippen molar-refractivity contribution in [2.24, 2.45) is 5.92 Å². The van der Waals surface area contributed by atoms with Gasteiger partial charge in [-0.25, -0.2) is 4.39 Å². The minimum Gasteiger partial charge on any atom is -0.348 e. The number of anilines is 1. The lowest BCUT2D eigenvalue weighted by Crippen LogP contribution is -2.46. The lowest BCUT2D eigenvalue weighted by atomic mass is 10.0. The molecule has 1 fully saturated rings. The zero-order valence-corrected chi connectivity index (χ0v) is 12.5. The van der Waals surface area contributed by atoms with Gasteiger partial charge in [-0.15, -0.1) is 0 Å². The summed E-state index contributed by atoms with van der Waals surface area (Å²) in [7, 11) is 0. The monoisotopic (exact) mass is 336 g/mol. The van der Waals surface area contributed by atoms with E-state index in [4.69, 9.17) is 4.74 Å². The van der Waals surface area contributed by atoms with E-state index in [0.29, 0.717) is 12.5 Å². The molecule has 0 aliphatic carbocycles. The van der Waals surface area contributed by atoms with Gasteiger partial charge >= 0.3 is 6.18 Å². The second-order valence-electron chi connectivity index (χ2n) is 5.81. The van der Waals surface area contributed by atoms with Crippen LogP contribution < -0.4 is 4.90 Å². The van der Waals surface area contributed by atoms with Crippen LogP contribution in [-0.4, -0.2) is 30.0 Å². The zero-order valence-electron chi connectivity index (χ0n) is 12.5. The third-order valence-corrected chi connectivity index (χ3v) is 3.54. The molecule has 128 valence electrons. The Labute approximate surface area is 130 Å². The molecule has 9 heteroatoms. The Hall–Kier alpha value is -1.90. The van der Waals surface area contributed by atoms with Crippen molar-refractivity contribution >= 4 is 11.4 Å². The number of nitro benzene ring substituents is 1. The van der Waals surface area contributed by atoms with E-state index >= 15 is 0 Å². The lowest BCUT2D eigenvalue weighted by Gasteiger charge is -2.32. The molecule has 0 bridgehead atoms. The number of hydrogen-bond acceptors (Lipinski definition) is 4. The van der Waals surface area contributed by atoms with Gasteiger partial charge in [0.15, 0.2) is 5.82 Å². The zero-order chi connectivity index (χ0) is 17.4. The maximum absolute atomic E-state index is 14.2. The molecule has 0 radical (unpaired) electrons. The molecule has 0 amide bonds. The number of halogens is 4. The molecule has 2 rings (SSSR count). The molecule has 2 atom stereocenters. The van der Waals surface area contributed by atoms with Crippen molar-refractivity contribution in [3.8, 4) is 0 Å². The molecule has 0 N–H and O–H groups in total. The predicted molar refractivity (Wildman–Crippen MR) is 74.6 cm³/mol. The number of nitrogens with zero attached hydrogens (tertiary/aromatic N) is 2. The standard InChI is InChI=1S/C14H16F4N2O3/c1-8(2)5-10-7-23-13(14(16,17)18)19(10)12-4-3-9(20(21)22)6-11(12)15/h3-4,6,8,10,13H,5,7H2,1-2H3. The fourth-order valence-corrected chi connectivity index (χ4v) is 2.67. The van der Waals surface area contributed by atoms with Crippen LogP contribution in [0.1, 0.15) is 20.3 Å². The third kappa shape index (κ3) is 3.72. The molecule has 1 aromatic rings. The summed E-state index contributed by atoms with van der Waals surface area (Å²) in [6.07, 6.45) is -6.58. The van der Waals surface area contributed by atoms with Crippen LogP contribution >= 0.6 is 0 Å². The van der Waals surface area contributed by atoms with Gasteiger partial charge in [0, 0.05) is 6.07 Å². The van der Waals surface area contributed by atoms with Gasteiger partial charge in [0.1, 0.15) is 0 Å². The van der Waals surface area contributed by atoms with E-state index in [9.17, 15) is 27.7 Å². The maximum Gasteiger partial charge on any atom is 0.433 e. The highest BCUT2D eigenvalue weighted by Gasteiger charge is 2.51. The quantitative estimate of drug-likeness (QED) is 0.476. The molecular formula is C14H16F4N2O3. The molecule has 2 unspecified atom stereocenters. The second-order valence-corrected chi connectivity index (χ2v) is 5.81. The van der Waals surface area contributed by atoms with Gasteiger partial charge in [-0.05, 0) is 18.4 Å². The molecule has 0 aromatic heterocycles. The van der Waals surface area contributed by atoms with Crippen LogP contribution in [0.5, 0.6) is 0 Å². The van der Waals surface area contributed by atoms with Crippen LogP contribution in [0.4, 0.5) is 28.9 Å². The highest BCUT2D eigenvalue weighted by molar-refractivity contribution is 5.54. The topological polar surface area (TPSA) is 55.6 Å². The Kier molecular flexibility index (Phi) is 4.79. The van der Waals surface area contributed by atoms with Crippen LogP contribution in [0.3, 0.4) is 0 Å². The normalized spacial score (nSPS) is 22.0. The van der Waals surface area contributed by atoms with Gasteiger partial charge in [0.05, 0.1) is 29.3 Å². The van der Waals surface area contributed by atoms with E-state index < -0.39 is 34.9 Å². The molecule has 1 heterocycles. The summed E-state index contributed by atoms with van der Waals surface area (Å²) in [6, 6.07) is 1.94. The number of alkyl halides is 3. The molecule has 1 saturated heterocycles. The van der Waals surface area contributed by atoms with Crippen LogP contribution in [0.25, 0.3) is 0 Å². The van der Waals surface area contributed by atoms with E-state index in [1.807, 2.05) is 13.8 Å². The van der Waals surface area contributed by atoms with E-state index in [2.05, 4.69) is 0 Å². The van der Waals surface area contributed by atoms with E-state index in [-0.39, 0.29) is 18.2 Å². The third-order valence-electron chi connectivity index (χ3n) is 3.54. The van der Waals surface area contributed by atoms with Crippen LogP contribution in [0.2, 0.25) is 0 Å². The Morgan fingerprint density at radius 2 is 2.09 bits per heavy atom. The summed E-state index contributed by atoms with van der Waals surface area (Å²) < 4.78 is 58.4. The summed E-state index contributed by atoms with van der Waals surface area (Å²) in [5, 5.41) is 10.6. The number of ether oxygens (including phenoxy) is 1. The smallest absolute Gasteiger partial charge is 0.348 e. The minimum atomic E-state index is -4.69. The number of non-ortho nitro benzene ring substituents is 1. The molecule has 23 heavy (non-hydrogen) atoms. The van der Waals surface area contributed by atoms with Crippen LogP contribution in [-0.2, 0) is 4.74 Å². The van der Waals surface area contributed by atoms with E-state index in [1.54, 1.807) is 0 Å². The minimum absolute atomic E-state index is 0.0826. The van der Waals surface area contributed by atoms with Gasteiger partial charge in [0.25, 0.3) is 5.69 Å². The van der Waals surface area contributed by atoms with E-state index in [0.717, 1.165) is 17.0 Å². The van der Waals surface area contributed by atoms with Crippen molar-refractivity contribution < 1.29 is 27.2 Å². The van der Waals surface area contributed by atoms with Crippen LogP contribution in [0.15, 0.2) is 18.2 Å². The lowest BCUT2D eigenvalue weighted by molar-refractivity contribution is -0.385. The number of hydrogen-bond donors (Lipinski definition) is 0. The van der Waals surface area contributed by atoms with Gasteiger partial charge in [0.2, 0.25) is 6.23 Å². The van der Waals surface area contributed by atoms with Crippen LogP contribution in [0, 0.1) is 21.8 Å². The molecule has 1 aliphatic heterocycles. The first-order chi connectivity index (χ1) is 10.6. The van der Waals surface area contributed by atoms with Gasteiger partial charge in [-0.2, -0.15) is 13.2 Å². The Morgan fingerprint density at radius 1 is 1.43 bits per heavy atom. The van der Waals surface area contributed by atoms with Gasteiger partial charge in [-0.3, -0.25) is 10.1 Å².